The number of benzene rings is 1. The highest BCUT2D eigenvalue weighted by molar-refractivity contribution is 5.95. The molecule has 4 fully saturated rings. The summed E-state index contributed by atoms with van der Waals surface area (Å²) in [6.07, 6.45) is -13.3. The van der Waals surface area contributed by atoms with Gasteiger partial charge in [0.1, 0.15) is 17.5 Å². The van der Waals surface area contributed by atoms with Crippen LogP contribution in [0.25, 0.3) is 0 Å². The van der Waals surface area contributed by atoms with E-state index in [0.717, 1.165) is 4.90 Å². The minimum atomic E-state index is -2.18. The molecule has 1 aromatic carbocycles. The maximum Gasteiger partial charge on any atom is 0.509 e. The van der Waals surface area contributed by atoms with E-state index in [1.807, 2.05) is 0 Å². The van der Waals surface area contributed by atoms with Crippen molar-refractivity contribution in [3.63, 3.8) is 0 Å². The first-order valence-corrected chi connectivity index (χ1v) is 20.5. The monoisotopic (exact) mass is 870 g/mol. The van der Waals surface area contributed by atoms with Crippen LogP contribution in [0.3, 0.4) is 0 Å². The molecule has 2 unspecified atom stereocenters. The van der Waals surface area contributed by atoms with E-state index in [1.54, 1.807) is 78.8 Å². The van der Waals surface area contributed by atoms with Gasteiger partial charge in [0, 0.05) is 32.9 Å². The minimum Gasteiger partial charge on any atom is -0.486 e. The maximum absolute atomic E-state index is 15.8. The molecule has 2 saturated carbocycles. The summed E-state index contributed by atoms with van der Waals surface area (Å²) in [5.41, 5.74) is -7.76. The van der Waals surface area contributed by atoms with E-state index in [9.17, 15) is 34.2 Å². The smallest absolute Gasteiger partial charge is 0.486 e. The van der Waals surface area contributed by atoms with Gasteiger partial charge in [0.15, 0.2) is 41.9 Å². The van der Waals surface area contributed by atoms with Crippen LogP contribution < -0.4 is 10.1 Å². The van der Waals surface area contributed by atoms with Crippen LogP contribution in [-0.4, -0.2) is 137 Å². The number of allylic oxidation sites excluding steroid dienone is 1. The molecule has 0 aromatic heterocycles. The van der Waals surface area contributed by atoms with Crippen molar-refractivity contribution in [2.75, 3.05) is 20.7 Å². The minimum absolute atomic E-state index is 0.0225. The van der Waals surface area contributed by atoms with Gasteiger partial charge >= 0.3 is 30.3 Å². The molecule has 3 N–H and O–H groups in total. The van der Waals surface area contributed by atoms with Gasteiger partial charge in [-0.25, -0.2) is 19.2 Å². The first-order valence-electron chi connectivity index (χ1n) is 20.5. The van der Waals surface area contributed by atoms with Gasteiger partial charge in [-0.15, -0.1) is 0 Å². The zero-order valence-electron chi connectivity index (χ0n) is 37.1. The Hall–Kier alpha value is -5.20. The molecular formula is C44H58N2O16. The number of aliphatic hydroxyl groups is 2. The largest absolute Gasteiger partial charge is 0.509 e. The highest BCUT2D eigenvalue weighted by Crippen LogP contribution is 2.66. The molecule has 2 aliphatic heterocycles. The third kappa shape index (κ3) is 7.56. The van der Waals surface area contributed by atoms with Crippen molar-refractivity contribution < 1.29 is 76.9 Å². The zero-order chi connectivity index (χ0) is 46.1. The van der Waals surface area contributed by atoms with E-state index in [-0.39, 0.29) is 29.9 Å². The molecule has 18 heteroatoms. The molecule has 5 aliphatic rings. The molecule has 12 atom stereocenters. The standard InChI is InChI=1S/C44H58N2O16/c1-21(2)18-25(45-37(52)61-40(5,6)7)29(49)36(51)57-30-22(3)28-31(58-38(53)46(11)12)33(50)42(10)26(48)19-27-43(20-55-27,60-23(4)47)32(42)35(56-24-16-14-13-15-17-24)44(41(28,8)9)34(30)59-39(54)62-44/h13-18,25-27,29-32,34-35,48-49H,19-20H2,1-12H3,(H,45,52)/t25-,26-,27?,29+,30+,31+,32?,34-,35-,42+,43-,44+/m0/s1. The van der Waals surface area contributed by atoms with E-state index < -0.39 is 118 Å². The van der Waals surface area contributed by atoms with Crippen LogP contribution in [0, 0.1) is 16.7 Å². The lowest BCUT2D eigenvalue weighted by Crippen LogP contribution is -2.83. The Morgan fingerprint density at radius 2 is 1.66 bits per heavy atom. The molecule has 6 rings (SSSR count). The number of hydrogen-bond donors (Lipinski definition) is 3. The number of para-hydroxylation sites is 1. The Kier molecular flexibility index (Phi) is 12.1. The third-order valence-corrected chi connectivity index (χ3v) is 12.7. The number of nitrogens with zero attached hydrogens (tertiary/aromatic N) is 1. The van der Waals surface area contributed by atoms with Gasteiger partial charge in [-0.05, 0) is 71.7 Å². The average molecular weight is 871 g/mol. The van der Waals surface area contributed by atoms with Gasteiger partial charge in [0.05, 0.1) is 30.1 Å². The van der Waals surface area contributed by atoms with Crippen molar-refractivity contribution >= 4 is 36.1 Å². The lowest BCUT2D eigenvalue weighted by atomic mass is 9.44. The second-order valence-electron chi connectivity index (χ2n) is 18.9. The number of amides is 2. The molecule has 2 amide bonds. The van der Waals surface area contributed by atoms with Crippen molar-refractivity contribution in [3.8, 4) is 5.75 Å². The number of aliphatic hydroxyl groups excluding tert-OH is 2. The van der Waals surface area contributed by atoms with Crippen molar-refractivity contribution in [2.24, 2.45) is 16.7 Å². The lowest BCUT2D eigenvalue weighted by molar-refractivity contribution is -0.343. The normalized spacial score (nSPS) is 34.0. The van der Waals surface area contributed by atoms with E-state index in [2.05, 4.69) is 5.32 Å². The van der Waals surface area contributed by atoms with Crippen molar-refractivity contribution in [2.45, 2.75) is 141 Å². The molecule has 1 aromatic rings. The SMILES string of the molecule is CC(=O)O[C@@]12COC1C[C@H](O)[C@@]1(C)C(=O)[C@H](OC(=O)N(C)C)C3=C(C)[C@@H](OC(=O)[C@H](O)[C@H](C=C(C)C)NC(=O)OC(C)(C)C)[C@@H]4OC(=O)O[C@]4([C@@H](Oc4ccccc4)C21)C3(C)C. The molecule has 2 heterocycles. The molecule has 0 radical (unpaired) electrons. The van der Waals surface area contributed by atoms with Gasteiger partial charge in [-0.3, -0.25) is 9.59 Å². The van der Waals surface area contributed by atoms with Crippen molar-refractivity contribution in [3.05, 3.63) is 53.1 Å². The van der Waals surface area contributed by atoms with Crippen LogP contribution in [0.1, 0.15) is 75.7 Å². The van der Waals surface area contributed by atoms with Gasteiger partial charge in [0.2, 0.25) is 5.60 Å². The molecule has 62 heavy (non-hydrogen) atoms. The number of rotatable bonds is 9. The molecular weight excluding hydrogens is 812 g/mol. The fraction of sp³-hybridized carbons (Fsp3) is 0.636. The van der Waals surface area contributed by atoms with E-state index >= 15 is 4.79 Å². The van der Waals surface area contributed by atoms with E-state index in [0.29, 0.717) is 5.57 Å². The summed E-state index contributed by atoms with van der Waals surface area (Å²) in [5, 5.41) is 26.4. The maximum atomic E-state index is 15.8. The van der Waals surface area contributed by atoms with Gasteiger partial charge in [0.25, 0.3) is 0 Å². The number of carbonyl (C=O) groups excluding carboxylic acids is 6. The summed E-state index contributed by atoms with van der Waals surface area (Å²) in [5.74, 6) is -4.11. The molecule has 1 spiro atoms. The quantitative estimate of drug-likeness (QED) is 0.181. The molecule has 340 valence electrons. The number of Topliss-reactive ketones (excluding diaryl/α,β-unsaturated/α-hetero) is 1. The average Bonchev–Trinajstić information content (AvgIpc) is 3.52. The predicted molar refractivity (Wildman–Crippen MR) is 215 cm³/mol. The van der Waals surface area contributed by atoms with Crippen LogP contribution in [0.2, 0.25) is 0 Å². The number of alkyl carbamates (subject to hydrolysis) is 1. The molecule has 3 aliphatic carbocycles. The van der Waals surface area contributed by atoms with Crippen LogP contribution in [0.5, 0.6) is 5.75 Å². The summed E-state index contributed by atoms with van der Waals surface area (Å²) in [6.45, 7) is 15.4. The fourth-order valence-electron chi connectivity index (χ4n) is 10.1. The Balaban J connectivity index is 1.63. The van der Waals surface area contributed by atoms with Crippen LogP contribution in [-0.2, 0) is 47.5 Å². The number of nitrogens with one attached hydrogen (secondary N) is 1. The Morgan fingerprint density at radius 3 is 2.21 bits per heavy atom. The number of hydrogen-bond acceptors (Lipinski definition) is 16. The first-order chi connectivity index (χ1) is 28.7. The van der Waals surface area contributed by atoms with E-state index in [4.69, 9.17) is 37.9 Å². The Labute approximate surface area is 360 Å². The molecule has 2 bridgehead atoms. The summed E-state index contributed by atoms with van der Waals surface area (Å²) in [6, 6.07) is 6.94. The second-order valence-corrected chi connectivity index (χ2v) is 18.9. The van der Waals surface area contributed by atoms with Crippen LogP contribution in [0.4, 0.5) is 14.4 Å². The van der Waals surface area contributed by atoms with E-state index in [1.165, 1.54) is 40.9 Å². The van der Waals surface area contributed by atoms with Crippen molar-refractivity contribution in [1.82, 2.24) is 10.2 Å². The van der Waals surface area contributed by atoms with Crippen LogP contribution in [0.15, 0.2) is 53.1 Å². The first kappa shape index (κ1) is 46.3. The fourth-order valence-corrected chi connectivity index (χ4v) is 10.1. The number of fused-ring (bicyclic) bond motifs is 4. The third-order valence-electron chi connectivity index (χ3n) is 12.7. The number of ketones is 1. The number of carbonyl (C=O) groups is 6. The second kappa shape index (κ2) is 16.2. The number of esters is 2. The summed E-state index contributed by atoms with van der Waals surface area (Å²) >= 11 is 0. The molecule has 2 saturated heterocycles. The Morgan fingerprint density at radius 1 is 1.02 bits per heavy atom. The lowest BCUT2D eigenvalue weighted by Gasteiger charge is -2.67. The summed E-state index contributed by atoms with van der Waals surface area (Å²) in [7, 11) is 2.81. The molecule has 18 nitrogen and oxygen atoms in total. The van der Waals surface area contributed by atoms with Gasteiger partial charge in [-0.1, -0.05) is 43.7 Å². The van der Waals surface area contributed by atoms with Crippen molar-refractivity contribution in [1.29, 1.82) is 0 Å². The highest BCUT2D eigenvalue weighted by atomic mass is 16.8. The summed E-state index contributed by atoms with van der Waals surface area (Å²) in [4.78, 5) is 84.9. The summed E-state index contributed by atoms with van der Waals surface area (Å²) < 4.78 is 49.2. The van der Waals surface area contributed by atoms with Gasteiger partial charge < -0.3 is 58.3 Å². The zero-order valence-corrected chi connectivity index (χ0v) is 37.1. The topological polar surface area (TPSA) is 232 Å². The predicted octanol–water partition coefficient (Wildman–Crippen LogP) is 3.93. The van der Waals surface area contributed by atoms with Gasteiger partial charge in [-0.2, -0.15) is 0 Å². The van der Waals surface area contributed by atoms with Crippen LogP contribution >= 0.6 is 0 Å². The Bertz CT molecular complexity index is 2050. The highest BCUT2D eigenvalue weighted by Gasteiger charge is 2.83. The number of ether oxygens (including phenoxy) is 8.